The first kappa shape index (κ1) is 13.6. The molecule has 0 spiro atoms. The highest BCUT2D eigenvalue weighted by Crippen LogP contribution is 2.20. The Bertz CT molecular complexity index is 974. The van der Waals surface area contributed by atoms with Crippen LogP contribution in [0.2, 0.25) is 0 Å². The number of hydrogen-bond acceptors (Lipinski definition) is 6. The van der Waals surface area contributed by atoms with Gasteiger partial charge in [-0.1, -0.05) is 29.5 Å². The summed E-state index contributed by atoms with van der Waals surface area (Å²) < 4.78 is 14.5. The summed E-state index contributed by atoms with van der Waals surface area (Å²) in [4.78, 5) is 8.90. The van der Waals surface area contributed by atoms with E-state index in [1.165, 1.54) is 23.5 Å². The summed E-state index contributed by atoms with van der Waals surface area (Å²) in [5.74, 6) is 0.292. The molecule has 0 unspecified atom stereocenters. The van der Waals surface area contributed by atoms with E-state index in [-0.39, 0.29) is 5.82 Å². The minimum absolute atomic E-state index is 0.255. The monoisotopic (exact) mass is 324 g/mol. The van der Waals surface area contributed by atoms with Crippen LogP contribution in [0.4, 0.5) is 4.39 Å². The SMILES string of the molecule is Fc1ccc(C=Cc2nn3c(-c4cnccn4)nnc3s2)cc1. The van der Waals surface area contributed by atoms with E-state index in [2.05, 4.69) is 25.3 Å². The zero-order valence-corrected chi connectivity index (χ0v) is 12.5. The van der Waals surface area contributed by atoms with Crippen molar-refractivity contribution in [1.29, 1.82) is 0 Å². The van der Waals surface area contributed by atoms with Gasteiger partial charge in [-0.2, -0.15) is 9.61 Å². The quantitative estimate of drug-likeness (QED) is 0.579. The lowest BCUT2D eigenvalue weighted by molar-refractivity contribution is 0.628. The molecule has 0 aliphatic carbocycles. The van der Waals surface area contributed by atoms with Crippen molar-refractivity contribution in [2.75, 3.05) is 0 Å². The number of aromatic nitrogens is 6. The average molecular weight is 324 g/mol. The second-order valence-electron chi connectivity index (χ2n) is 4.63. The Balaban J connectivity index is 1.67. The van der Waals surface area contributed by atoms with E-state index in [0.717, 1.165) is 10.6 Å². The number of rotatable bonds is 3. The van der Waals surface area contributed by atoms with Crippen molar-refractivity contribution in [2.24, 2.45) is 0 Å². The van der Waals surface area contributed by atoms with E-state index in [4.69, 9.17) is 0 Å². The standard InChI is InChI=1S/C15H9FN6S/c16-11-4-1-10(2-5-11)3-6-13-21-22-14(19-20-15(22)23-13)12-9-17-7-8-18-12/h1-9H. The molecule has 0 bridgehead atoms. The Morgan fingerprint density at radius 1 is 1.04 bits per heavy atom. The van der Waals surface area contributed by atoms with Crippen molar-refractivity contribution in [3.8, 4) is 11.5 Å². The molecule has 8 heteroatoms. The van der Waals surface area contributed by atoms with E-state index in [9.17, 15) is 4.39 Å². The van der Waals surface area contributed by atoms with Gasteiger partial charge in [0.1, 0.15) is 16.5 Å². The number of hydrogen-bond donors (Lipinski definition) is 0. The van der Waals surface area contributed by atoms with Crippen LogP contribution in [0.1, 0.15) is 10.6 Å². The molecule has 0 saturated heterocycles. The first-order chi connectivity index (χ1) is 11.3. The van der Waals surface area contributed by atoms with Crippen molar-refractivity contribution < 1.29 is 4.39 Å². The van der Waals surface area contributed by atoms with Gasteiger partial charge < -0.3 is 0 Å². The maximum absolute atomic E-state index is 12.9. The second kappa shape index (κ2) is 5.65. The summed E-state index contributed by atoms with van der Waals surface area (Å²) in [5.41, 5.74) is 1.51. The second-order valence-corrected chi connectivity index (χ2v) is 5.62. The van der Waals surface area contributed by atoms with Crippen molar-refractivity contribution >= 4 is 28.4 Å². The van der Waals surface area contributed by atoms with Gasteiger partial charge in [-0.15, -0.1) is 10.2 Å². The lowest BCUT2D eigenvalue weighted by Crippen LogP contribution is -1.93. The first-order valence-corrected chi connectivity index (χ1v) is 7.53. The van der Waals surface area contributed by atoms with Crippen molar-refractivity contribution in [3.05, 3.63) is 59.2 Å². The van der Waals surface area contributed by atoms with Crippen LogP contribution in [0.25, 0.3) is 28.6 Å². The lowest BCUT2D eigenvalue weighted by Gasteiger charge is -1.93. The van der Waals surface area contributed by atoms with Gasteiger partial charge in [-0.3, -0.25) is 4.98 Å². The van der Waals surface area contributed by atoms with Crippen LogP contribution in [0.5, 0.6) is 0 Å². The molecule has 3 heterocycles. The van der Waals surface area contributed by atoms with Gasteiger partial charge >= 0.3 is 0 Å². The zero-order chi connectivity index (χ0) is 15.6. The summed E-state index contributed by atoms with van der Waals surface area (Å²) in [5, 5.41) is 13.4. The summed E-state index contributed by atoms with van der Waals surface area (Å²) in [7, 11) is 0. The Morgan fingerprint density at radius 3 is 2.70 bits per heavy atom. The summed E-state index contributed by atoms with van der Waals surface area (Å²) in [6.07, 6.45) is 8.53. The van der Waals surface area contributed by atoms with Crippen LogP contribution >= 0.6 is 11.3 Å². The Labute approximate surface area is 134 Å². The van der Waals surface area contributed by atoms with Crippen LogP contribution in [0.3, 0.4) is 0 Å². The van der Waals surface area contributed by atoms with Crippen LogP contribution in [0.15, 0.2) is 42.9 Å². The van der Waals surface area contributed by atoms with Gasteiger partial charge in [0.2, 0.25) is 10.8 Å². The van der Waals surface area contributed by atoms with Gasteiger partial charge in [-0.25, -0.2) is 9.37 Å². The summed E-state index contributed by atoms with van der Waals surface area (Å²) >= 11 is 1.40. The predicted molar refractivity (Wildman–Crippen MR) is 85.0 cm³/mol. The molecule has 1 aromatic carbocycles. The smallest absolute Gasteiger partial charge is 0.235 e. The van der Waals surface area contributed by atoms with Gasteiger partial charge in [0, 0.05) is 12.4 Å². The number of halogens is 1. The Kier molecular flexibility index (Phi) is 3.35. The molecule has 0 fully saturated rings. The number of benzene rings is 1. The largest absolute Gasteiger partial charge is 0.261 e. The number of nitrogens with zero attached hydrogens (tertiary/aromatic N) is 6. The van der Waals surface area contributed by atoms with E-state index in [1.807, 2.05) is 12.2 Å². The average Bonchev–Trinajstić information content (AvgIpc) is 3.15. The van der Waals surface area contributed by atoms with Crippen LogP contribution in [-0.4, -0.2) is 29.8 Å². The molecule has 112 valence electrons. The molecule has 0 atom stereocenters. The molecular formula is C15H9FN6S. The fourth-order valence-electron chi connectivity index (χ4n) is 2.01. The van der Waals surface area contributed by atoms with E-state index in [1.54, 1.807) is 35.2 Å². The summed E-state index contributed by atoms with van der Waals surface area (Å²) in [6, 6.07) is 6.25. The fraction of sp³-hybridized carbons (Fsp3) is 0. The third kappa shape index (κ3) is 2.71. The van der Waals surface area contributed by atoms with Crippen molar-refractivity contribution in [2.45, 2.75) is 0 Å². The third-order valence-electron chi connectivity index (χ3n) is 3.09. The Hall–Kier alpha value is -3.00. The maximum Gasteiger partial charge on any atom is 0.235 e. The van der Waals surface area contributed by atoms with Gasteiger partial charge in [0.15, 0.2) is 0 Å². The molecule has 0 amide bonds. The zero-order valence-electron chi connectivity index (χ0n) is 11.7. The Morgan fingerprint density at radius 2 is 1.91 bits per heavy atom. The summed E-state index contributed by atoms with van der Waals surface area (Å²) in [6.45, 7) is 0. The van der Waals surface area contributed by atoms with Crippen LogP contribution < -0.4 is 0 Å². The van der Waals surface area contributed by atoms with Gasteiger partial charge in [0.05, 0.1) is 6.20 Å². The maximum atomic E-state index is 12.9. The lowest BCUT2D eigenvalue weighted by atomic mass is 10.2. The van der Waals surface area contributed by atoms with Crippen molar-refractivity contribution in [1.82, 2.24) is 29.8 Å². The highest BCUT2D eigenvalue weighted by atomic mass is 32.1. The minimum atomic E-state index is -0.255. The fourth-order valence-corrected chi connectivity index (χ4v) is 2.76. The van der Waals surface area contributed by atoms with Crippen molar-refractivity contribution in [3.63, 3.8) is 0 Å². The molecule has 4 rings (SSSR count). The topological polar surface area (TPSA) is 68.9 Å². The minimum Gasteiger partial charge on any atom is -0.261 e. The normalized spacial score (nSPS) is 11.5. The highest BCUT2D eigenvalue weighted by Gasteiger charge is 2.13. The molecule has 0 aliphatic heterocycles. The highest BCUT2D eigenvalue weighted by molar-refractivity contribution is 7.17. The van der Waals surface area contributed by atoms with Gasteiger partial charge in [0.25, 0.3) is 0 Å². The first-order valence-electron chi connectivity index (χ1n) is 6.72. The van der Waals surface area contributed by atoms with E-state index < -0.39 is 0 Å². The third-order valence-corrected chi connectivity index (χ3v) is 3.95. The van der Waals surface area contributed by atoms with Crippen LogP contribution in [0, 0.1) is 5.82 Å². The molecule has 23 heavy (non-hydrogen) atoms. The van der Waals surface area contributed by atoms with E-state index in [0.29, 0.717) is 16.5 Å². The molecule has 0 N–H and O–H groups in total. The molecule has 6 nitrogen and oxygen atoms in total. The molecule has 3 aromatic heterocycles. The molecular weight excluding hydrogens is 315 g/mol. The molecule has 4 aromatic rings. The van der Waals surface area contributed by atoms with Crippen LogP contribution in [-0.2, 0) is 0 Å². The number of fused-ring (bicyclic) bond motifs is 1. The van der Waals surface area contributed by atoms with E-state index >= 15 is 0 Å². The van der Waals surface area contributed by atoms with Gasteiger partial charge in [-0.05, 0) is 23.8 Å². The molecule has 0 aliphatic rings. The molecule has 0 radical (unpaired) electrons. The molecule has 0 saturated carbocycles. The predicted octanol–water partition coefficient (Wildman–Crippen LogP) is 2.95.